The van der Waals surface area contributed by atoms with E-state index >= 15 is 0 Å². The first-order valence-electron chi connectivity index (χ1n) is 9.70. The van der Waals surface area contributed by atoms with Gasteiger partial charge < -0.3 is 24.4 Å². The van der Waals surface area contributed by atoms with E-state index in [2.05, 4.69) is 25.2 Å². The van der Waals surface area contributed by atoms with E-state index in [4.69, 9.17) is 4.74 Å². The number of carbonyl (C=O) groups is 1. The van der Waals surface area contributed by atoms with Gasteiger partial charge in [-0.3, -0.25) is 0 Å². The molecule has 2 aromatic rings. The molecule has 0 radical (unpaired) electrons. The van der Waals surface area contributed by atoms with Crippen molar-refractivity contribution in [1.82, 2.24) is 29.7 Å². The van der Waals surface area contributed by atoms with Crippen molar-refractivity contribution < 1.29 is 9.53 Å². The minimum atomic E-state index is 0.0422. The van der Waals surface area contributed by atoms with Crippen LogP contribution in [0.2, 0.25) is 0 Å². The van der Waals surface area contributed by atoms with Gasteiger partial charge in [0.2, 0.25) is 0 Å². The molecule has 2 aromatic heterocycles. The highest BCUT2D eigenvalue weighted by Gasteiger charge is 2.42. The third-order valence-electron chi connectivity index (χ3n) is 6.06. The first kappa shape index (κ1) is 16.7. The van der Waals surface area contributed by atoms with Crippen molar-refractivity contribution in [1.29, 1.82) is 0 Å². The van der Waals surface area contributed by atoms with E-state index < -0.39 is 0 Å². The minimum Gasteiger partial charge on any atom is -0.376 e. The number of likely N-dealkylation sites (tertiary alicyclic amines) is 1. The average Bonchev–Trinajstić information content (AvgIpc) is 3.43. The molecule has 3 unspecified atom stereocenters. The molecule has 144 valence electrons. The molecule has 9 nitrogen and oxygen atoms in total. The second kappa shape index (κ2) is 6.63. The van der Waals surface area contributed by atoms with Crippen LogP contribution in [0.1, 0.15) is 12.8 Å². The molecule has 0 saturated carbocycles. The lowest BCUT2D eigenvalue weighted by Crippen LogP contribution is -2.43. The van der Waals surface area contributed by atoms with Crippen LogP contribution in [0, 0.1) is 11.8 Å². The summed E-state index contributed by atoms with van der Waals surface area (Å²) >= 11 is 0. The summed E-state index contributed by atoms with van der Waals surface area (Å²) < 4.78 is 7.50. The maximum atomic E-state index is 12.5. The second-order valence-electron chi connectivity index (χ2n) is 7.88. The molecule has 3 aliphatic heterocycles. The van der Waals surface area contributed by atoms with Crippen LogP contribution in [0.15, 0.2) is 12.7 Å². The summed E-state index contributed by atoms with van der Waals surface area (Å²) in [5.41, 5.74) is 1.71. The molecule has 3 atom stereocenters. The highest BCUT2D eigenvalue weighted by molar-refractivity contribution is 5.83. The van der Waals surface area contributed by atoms with Gasteiger partial charge in [0, 0.05) is 58.2 Å². The summed E-state index contributed by atoms with van der Waals surface area (Å²) in [6.07, 6.45) is 5.71. The Morgan fingerprint density at radius 1 is 1.22 bits per heavy atom. The Morgan fingerprint density at radius 2 is 2.04 bits per heavy atom. The van der Waals surface area contributed by atoms with Gasteiger partial charge in [-0.1, -0.05) is 0 Å². The van der Waals surface area contributed by atoms with Crippen LogP contribution in [-0.2, 0) is 11.8 Å². The van der Waals surface area contributed by atoms with Crippen LogP contribution >= 0.6 is 0 Å². The molecule has 27 heavy (non-hydrogen) atoms. The van der Waals surface area contributed by atoms with Gasteiger partial charge in [-0.15, -0.1) is 0 Å². The van der Waals surface area contributed by atoms with Crippen molar-refractivity contribution in [3.63, 3.8) is 0 Å². The van der Waals surface area contributed by atoms with Crippen molar-refractivity contribution in [2.75, 3.05) is 44.2 Å². The number of anilines is 1. The van der Waals surface area contributed by atoms with E-state index in [-0.39, 0.29) is 12.1 Å². The van der Waals surface area contributed by atoms with Crippen molar-refractivity contribution in [3.05, 3.63) is 12.7 Å². The largest absolute Gasteiger partial charge is 0.376 e. The minimum absolute atomic E-state index is 0.0422. The number of rotatable bonds is 3. The molecule has 0 aromatic carbocycles. The van der Waals surface area contributed by atoms with E-state index in [1.807, 2.05) is 16.5 Å². The van der Waals surface area contributed by atoms with Crippen LogP contribution in [0.5, 0.6) is 0 Å². The molecular formula is C18H25N7O2. The van der Waals surface area contributed by atoms with Gasteiger partial charge in [0.15, 0.2) is 17.0 Å². The molecule has 3 fully saturated rings. The monoisotopic (exact) mass is 371 g/mol. The van der Waals surface area contributed by atoms with Gasteiger partial charge in [0.05, 0.1) is 12.4 Å². The molecule has 0 aliphatic carbocycles. The Labute approximate surface area is 157 Å². The van der Waals surface area contributed by atoms with Crippen molar-refractivity contribution >= 4 is 23.0 Å². The standard InChI is InChI=1S/C18H25N7O2/c1-23-11-22-15-16(23)20-10-21-17(15)24-6-12-8-25(9-13(12)7-24)18(26)19-5-14-3-2-4-27-14/h10-14H,2-9H2,1H3,(H,19,26). The molecular weight excluding hydrogens is 346 g/mol. The predicted octanol–water partition coefficient (Wildman–Crippen LogP) is 0.620. The van der Waals surface area contributed by atoms with Crippen LogP contribution in [0.3, 0.4) is 0 Å². The van der Waals surface area contributed by atoms with Crippen molar-refractivity contribution in [2.45, 2.75) is 18.9 Å². The highest BCUT2D eigenvalue weighted by atomic mass is 16.5. The first-order valence-corrected chi connectivity index (χ1v) is 9.70. The number of aryl methyl sites for hydroxylation is 1. The third kappa shape index (κ3) is 2.99. The number of carbonyl (C=O) groups excluding carboxylic acids is 1. The van der Waals surface area contributed by atoms with Crippen LogP contribution in [0.4, 0.5) is 10.6 Å². The molecule has 5 rings (SSSR count). The zero-order chi connectivity index (χ0) is 18.4. The maximum absolute atomic E-state index is 12.5. The van der Waals surface area contributed by atoms with Crippen molar-refractivity contribution in [3.8, 4) is 0 Å². The highest BCUT2D eigenvalue weighted by Crippen LogP contribution is 2.35. The molecule has 5 heterocycles. The SMILES string of the molecule is Cn1cnc2c(N3CC4CN(C(=O)NCC5CCCO5)CC4C3)ncnc21. The Morgan fingerprint density at radius 3 is 2.78 bits per heavy atom. The average molecular weight is 371 g/mol. The summed E-state index contributed by atoms with van der Waals surface area (Å²) in [4.78, 5) is 30.0. The number of aromatic nitrogens is 4. The Balaban J connectivity index is 1.21. The summed E-state index contributed by atoms with van der Waals surface area (Å²) in [5.74, 6) is 1.86. The molecule has 0 spiro atoms. The Hall–Kier alpha value is -2.42. The predicted molar refractivity (Wildman–Crippen MR) is 99.4 cm³/mol. The molecule has 9 heteroatoms. The fourth-order valence-corrected chi connectivity index (χ4v) is 4.61. The molecule has 3 saturated heterocycles. The quantitative estimate of drug-likeness (QED) is 0.851. The number of hydrogen-bond acceptors (Lipinski definition) is 6. The number of fused-ring (bicyclic) bond motifs is 2. The van der Waals surface area contributed by atoms with E-state index in [1.54, 1.807) is 12.7 Å². The van der Waals surface area contributed by atoms with Crippen LogP contribution in [-0.4, -0.2) is 75.9 Å². The number of nitrogens with zero attached hydrogens (tertiary/aromatic N) is 6. The van der Waals surface area contributed by atoms with Gasteiger partial charge in [0.1, 0.15) is 6.33 Å². The van der Waals surface area contributed by atoms with E-state index in [9.17, 15) is 4.79 Å². The van der Waals surface area contributed by atoms with E-state index in [0.717, 1.165) is 62.6 Å². The zero-order valence-electron chi connectivity index (χ0n) is 15.5. The lowest BCUT2D eigenvalue weighted by atomic mass is 10.0. The van der Waals surface area contributed by atoms with Crippen molar-refractivity contribution in [2.24, 2.45) is 18.9 Å². The topological polar surface area (TPSA) is 88.4 Å². The molecule has 2 amide bonds. The number of nitrogens with one attached hydrogen (secondary N) is 1. The fraction of sp³-hybridized carbons (Fsp3) is 0.667. The number of hydrogen-bond donors (Lipinski definition) is 1. The third-order valence-corrected chi connectivity index (χ3v) is 6.06. The van der Waals surface area contributed by atoms with Gasteiger partial charge in [0.25, 0.3) is 0 Å². The maximum Gasteiger partial charge on any atom is 0.317 e. The number of amides is 2. The lowest BCUT2D eigenvalue weighted by Gasteiger charge is -2.23. The lowest BCUT2D eigenvalue weighted by molar-refractivity contribution is 0.109. The normalized spacial score (nSPS) is 27.5. The smallest absolute Gasteiger partial charge is 0.317 e. The summed E-state index contributed by atoms with van der Waals surface area (Å²) in [5, 5.41) is 3.04. The molecule has 0 bridgehead atoms. The summed E-state index contributed by atoms with van der Waals surface area (Å²) in [6, 6.07) is 0.0422. The van der Waals surface area contributed by atoms with E-state index in [1.165, 1.54) is 0 Å². The van der Waals surface area contributed by atoms with Gasteiger partial charge >= 0.3 is 6.03 Å². The fourth-order valence-electron chi connectivity index (χ4n) is 4.61. The number of urea groups is 1. The summed E-state index contributed by atoms with van der Waals surface area (Å²) in [7, 11) is 1.94. The van der Waals surface area contributed by atoms with Gasteiger partial charge in [-0.05, 0) is 12.8 Å². The van der Waals surface area contributed by atoms with Crippen LogP contribution in [0.25, 0.3) is 11.2 Å². The van der Waals surface area contributed by atoms with E-state index in [0.29, 0.717) is 18.4 Å². The summed E-state index contributed by atoms with van der Waals surface area (Å²) in [6.45, 7) is 4.85. The Kier molecular flexibility index (Phi) is 4.11. The zero-order valence-corrected chi connectivity index (χ0v) is 15.5. The van der Waals surface area contributed by atoms with Gasteiger partial charge in [-0.25, -0.2) is 19.7 Å². The van der Waals surface area contributed by atoms with Crippen LogP contribution < -0.4 is 10.2 Å². The Bertz CT molecular complexity index is 833. The molecule has 3 aliphatic rings. The molecule has 1 N–H and O–H groups in total. The van der Waals surface area contributed by atoms with Gasteiger partial charge in [-0.2, -0.15) is 0 Å². The first-order chi connectivity index (χ1) is 13.2. The number of imidazole rings is 1. The second-order valence-corrected chi connectivity index (χ2v) is 7.88. The number of ether oxygens (including phenoxy) is 1.